The Morgan fingerprint density at radius 3 is 2.65 bits per heavy atom. The molecule has 2 N–H and O–H groups in total. The zero-order valence-electron chi connectivity index (χ0n) is 12.2. The van der Waals surface area contributed by atoms with E-state index in [1.165, 1.54) is 0 Å². The third-order valence-corrected chi connectivity index (χ3v) is 3.09. The molecule has 2 aromatic heterocycles. The molecule has 0 bridgehead atoms. The zero-order valence-corrected chi connectivity index (χ0v) is 12.2. The van der Waals surface area contributed by atoms with E-state index in [4.69, 9.17) is 10.5 Å². The van der Waals surface area contributed by atoms with Crippen molar-refractivity contribution >= 4 is 0 Å². The summed E-state index contributed by atoms with van der Waals surface area (Å²) in [7, 11) is 1.60. The second-order valence-electron chi connectivity index (χ2n) is 5.09. The molecule has 2 heterocycles. The van der Waals surface area contributed by atoms with Gasteiger partial charge in [0.15, 0.2) is 0 Å². The Morgan fingerprint density at radius 2 is 2.05 bits per heavy atom. The number of hydrogen-bond acceptors (Lipinski definition) is 5. The van der Waals surface area contributed by atoms with Gasteiger partial charge < -0.3 is 10.5 Å². The lowest BCUT2D eigenvalue weighted by Gasteiger charge is -2.14. The van der Waals surface area contributed by atoms with E-state index in [2.05, 4.69) is 28.9 Å². The molecule has 0 aromatic carbocycles. The van der Waals surface area contributed by atoms with Crippen LogP contribution in [0.1, 0.15) is 31.3 Å². The molecule has 0 aliphatic carbocycles. The summed E-state index contributed by atoms with van der Waals surface area (Å²) in [5.74, 6) is 1.54. The molecule has 2 rings (SSSR count). The van der Waals surface area contributed by atoms with Gasteiger partial charge in [0.25, 0.3) is 0 Å². The molecule has 0 aliphatic heterocycles. The van der Waals surface area contributed by atoms with Gasteiger partial charge in [0.2, 0.25) is 5.88 Å². The normalized spacial score (nSPS) is 12.7. The van der Waals surface area contributed by atoms with E-state index in [0.717, 1.165) is 17.8 Å². The quantitative estimate of drug-likeness (QED) is 0.861. The Bertz CT molecular complexity index is 535. The smallest absolute Gasteiger partial charge is 0.212 e. The maximum Gasteiger partial charge on any atom is 0.212 e. The Balaban J connectivity index is 1.97. The van der Waals surface area contributed by atoms with E-state index in [-0.39, 0.29) is 6.04 Å². The summed E-state index contributed by atoms with van der Waals surface area (Å²) < 4.78 is 6.95. The lowest BCUT2D eigenvalue weighted by molar-refractivity contribution is 0.397. The molecule has 0 fully saturated rings. The molecule has 1 atom stereocenters. The van der Waals surface area contributed by atoms with Crippen LogP contribution in [0.5, 0.6) is 5.88 Å². The van der Waals surface area contributed by atoms with Gasteiger partial charge in [-0.15, -0.1) is 0 Å². The molecule has 0 aliphatic rings. The first-order valence-electron chi connectivity index (χ1n) is 6.73. The summed E-state index contributed by atoms with van der Waals surface area (Å²) in [6.07, 6.45) is 4.83. The number of methoxy groups -OCH3 is 1. The number of nitrogens with zero attached hydrogens (tertiary/aromatic N) is 4. The standard InChI is InChI=1S/C14H21N5O/c1-10(2)19-13(17-9-18-19)7-12(15)6-11-4-5-14(20-3)16-8-11/h4-5,8-10,12H,6-7,15H2,1-3H3. The molecule has 0 amide bonds. The van der Waals surface area contributed by atoms with E-state index in [1.54, 1.807) is 19.6 Å². The van der Waals surface area contributed by atoms with Gasteiger partial charge >= 0.3 is 0 Å². The van der Waals surface area contributed by atoms with Crippen LogP contribution in [0.15, 0.2) is 24.7 Å². The lowest BCUT2D eigenvalue weighted by atomic mass is 10.1. The number of rotatable bonds is 6. The molecule has 0 saturated carbocycles. The SMILES string of the molecule is COc1ccc(CC(N)Cc2ncnn2C(C)C)cn1. The summed E-state index contributed by atoms with van der Waals surface area (Å²) in [4.78, 5) is 8.46. The zero-order chi connectivity index (χ0) is 14.5. The minimum Gasteiger partial charge on any atom is -0.481 e. The summed E-state index contributed by atoms with van der Waals surface area (Å²) in [5, 5.41) is 4.22. The van der Waals surface area contributed by atoms with Crippen LogP contribution >= 0.6 is 0 Å². The van der Waals surface area contributed by atoms with Gasteiger partial charge in [0.1, 0.15) is 12.2 Å². The van der Waals surface area contributed by atoms with Crippen LogP contribution in [0.2, 0.25) is 0 Å². The van der Waals surface area contributed by atoms with Gasteiger partial charge in [-0.3, -0.25) is 0 Å². The summed E-state index contributed by atoms with van der Waals surface area (Å²) in [6.45, 7) is 4.16. The van der Waals surface area contributed by atoms with Crippen molar-refractivity contribution < 1.29 is 4.74 Å². The van der Waals surface area contributed by atoms with Crippen LogP contribution in [0, 0.1) is 0 Å². The Kier molecular flexibility index (Phi) is 4.68. The first kappa shape index (κ1) is 14.5. The second-order valence-corrected chi connectivity index (χ2v) is 5.09. The van der Waals surface area contributed by atoms with Crippen molar-refractivity contribution in [3.63, 3.8) is 0 Å². The highest BCUT2D eigenvalue weighted by molar-refractivity contribution is 5.18. The number of ether oxygens (including phenoxy) is 1. The van der Waals surface area contributed by atoms with Crippen LogP contribution in [-0.4, -0.2) is 32.9 Å². The number of pyridine rings is 1. The highest BCUT2D eigenvalue weighted by Gasteiger charge is 2.12. The van der Waals surface area contributed by atoms with Crippen molar-refractivity contribution in [1.29, 1.82) is 0 Å². The van der Waals surface area contributed by atoms with Gasteiger partial charge in [0, 0.05) is 30.8 Å². The van der Waals surface area contributed by atoms with Gasteiger partial charge in [0.05, 0.1) is 7.11 Å². The van der Waals surface area contributed by atoms with E-state index in [0.29, 0.717) is 18.3 Å². The fourth-order valence-electron chi connectivity index (χ4n) is 2.11. The van der Waals surface area contributed by atoms with Crippen LogP contribution in [0.25, 0.3) is 0 Å². The minimum absolute atomic E-state index is 0.00750. The first-order chi connectivity index (χ1) is 9.60. The molecule has 0 saturated heterocycles. The maximum absolute atomic E-state index is 6.20. The second kappa shape index (κ2) is 6.47. The van der Waals surface area contributed by atoms with Crippen molar-refractivity contribution in [2.45, 2.75) is 38.8 Å². The predicted molar refractivity (Wildman–Crippen MR) is 76.6 cm³/mol. The third kappa shape index (κ3) is 3.54. The van der Waals surface area contributed by atoms with Crippen molar-refractivity contribution in [3.8, 4) is 5.88 Å². The summed E-state index contributed by atoms with van der Waals surface area (Å²) in [5.41, 5.74) is 7.29. The summed E-state index contributed by atoms with van der Waals surface area (Å²) in [6, 6.07) is 4.12. The molecule has 0 spiro atoms. The number of aromatic nitrogens is 4. The molecular formula is C14H21N5O. The maximum atomic E-state index is 6.20. The largest absolute Gasteiger partial charge is 0.481 e. The average Bonchev–Trinajstić information content (AvgIpc) is 2.87. The molecule has 6 heteroatoms. The van der Waals surface area contributed by atoms with Crippen LogP contribution in [0.4, 0.5) is 0 Å². The highest BCUT2D eigenvalue weighted by atomic mass is 16.5. The Labute approximate surface area is 119 Å². The number of nitrogens with two attached hydrogens (primary N) is 1. The van der Waals surface area contributed by atoms with Crippen molar-refractivity contribution in [2.24, 2.45) is 5.73 Å². The molecule has 6 nitrogen and oxygen atoms in total. The highest BCUT2D eigenvalue weighted by Crippen LogP contribution is 2.11. The third-order valence-electron chi connectivity index (χ3n) is 3.09. The first-order valence-corrected chi connectivity index (χ1v) is 6.73. The topological polar surface area (TPSA) is 78.9 Å². The van der Waals surface area contributed by atoms with Crippen LogP contribution in [-0.2, 0) is 12.8 Å². The predicted octanol–water partition coefficient (Wildman–Crippen LogP) is 1.38. The molecular weight excluding hydrogens is 254 g/mol. The summed E-state index contributed by atoms with van der Waals surface area (Å²) >= 11 is 0. The van der Waals surface area contributed by atoms with Gasteiger partial charge in [-0.2, -0.15) is 5.10 Å². The van der Waals surface area contributed by atoms with Crippen molar-refractivity contribution in [2.75, 3.05) is 7.11 Å². The fourth-order valence-corrected chi connectivity index (χ4v) is 2.11. The fraction of sp³-hybridized carbons (Fsp3) is 0.500. The van der Waals surface area contributed by atoms with Crippen LogP contribution < -0.4 is 10.5 Å². The van der Waals surface area contributed by atoms with Crippen molar-refractivity contribution in [1.82, 2.24) is 19.7 Å². The van der Waals surface area contributed by atoms with Gasteiger partial charge in [-0.05, 0) is 25.8 Å². The molecule has 20 heavy (non-hydrogen) atoms. The van der Waals surface area contributed by atoms with E-state index in [1.807, 2.05) is 16.8 Å². The van der Waals surface area contributed by atoms with Crippen molar-refractivity contribution in [3.05, 3.63) is 36.0 Å². The molecule has 1 unspecified atom stereocenters. The Hall–Kier alpha value is -1.95. The lowest BCUT2D eigenvalue weighted by Crippen LogP contribution is -2.27. The van der Waals surface area contributed by atoms with Gasteiger partial charge in [-0.1, -0.05) is 6.07 Å². The van der Waals surface area contributed by atoms with Crippen LogP contribution in [0.3, 0.4) is 0 Å². The van der Waals surface area contributed by atoms with E-state index in [9.17, 15) is 0 Å². The minimum atomic E-state index is -0.00750. The monoisotopic (exact) mass is 275 g/mol. The van der Waals surface area contributed by atoms with E-state index >= 15 is 0 Å². The average molecular weight is 275 g/mol. The number of hydrogen-bond donors (Lipinski definition) is 1. The molecule has 2 aromatic rings. The van der Waals surface area contributed by atoms with Gasteiger partial charge in [-0.25, -0.2) is 14.6 Å². The Morgan fingerprint density at radius 1 is 1.25 bits per heavy atom. The molecule has 0 radical (unpaired) electrons. The molecule has 108 valence electrons. The van der Waals surface area contributed by atoms with E-state index < -0.39 is 0 Å².